The molecule has 2 aromatic heterocycles. The zero-order valence-electron chi connectivity index (χ0n) is 16.3. The third-order valence-electron chi connectivity index (χ3n) is 4.40. The molecular weight excluding hydrogens is 380 g/mol. The lowest BCUT2D eigenvalue weighted by atomic mass is 10.3. The molecule has 4 aromatic rings. The summed E-state index contributed by atoms with van der Waals surface area (Å²) in [5.41, 5.74) is 3.07. The van der Waals surface area contributed by atoms with E-state index in [0.29, 0.717) is 28.5 Å². The average molecular weight is 400 g/mol. The van der Waals surface area contributed by atoms with Crippen molar-refractivity contribution < 1.29 is 9.53 Å². The Morgan fingerprint density at radius 2 is 1.77 bits per heavy atom. The van der Waals surface area contributed by atoms with Gasteiger partial charge in [0.2, 0.25) is 0 Å². The highest BCUT2D eigenvalue weighted by atomic mass is 16.5. The minimum Gasteiger partial charge on any atom is -0.485 e. The first-order chi connectivity index (χ1) is 14.6. The number of fused-ring (bicyclic) bond motifs is 1. The molecule has 0 saturated heterocycles. The van der Waals surface area contributed by atoms with Gasteiger partial charge < -0.3 is 15.4 Å². The molecular formula is C23H20N4O3. The third kappa shape index (κ3) is 4.47. The van der Waals surface area contributed by atoms with E-state index in [0.717, 1.165) is 5.56 Å². The number of para-hydroxylation sites is 3. The molecule has 0 radical (unpaired) electrons. The van der Waals surface area contributed by atoms with Gasteiger partial charge in [-0.25, -0.2) is 9.78 Å². The smallest absolute Gasteiger partial charge is 0.323 e. The van der Waals surface area contributed by atoms with Gasteiger partial charge in [0.1, 0.15) is 18.0 Å². The first kappa shape index (κ1) is 19.2. The van der Waals surface area contributed by atoms with E-state index >= 15 is 0 Å². The van der Waals surface area contributed by atoms with Gasteiger partial charge in [-0.1, -0.05) is 36.4 Å². The first-order valence-corrected chi connectivity index (χ1v) is 9.42. The standard InChI is InChI=1S/C23H20N4O3/c1-16-11-12-21-24-18(13-22(28)27(21)14-16)15-30-20-10-6-5-9-19(20)26-23(29)25-17-7-3-2-4-8-17/h2-14H,15H2,1H3,(H2,25,26,29). The predicted octanol–water partition coefficient (Wildman–Crippen LogP) is 4.23. The van der Waals surface area contributed by atoms with Crippen LogP contribution in [0.25, 0.3) is 5.65 Å². The van der Waals surface area contributed by atoms with Crippen LogP contribution in [0.5, 0.6) is 5.75 Å². The summed E-state index contributed by atoms with van der Waals surface area (Å²) in [6.45, 7) is 2.01. The lowest BCUT2D eigenvalue weighted by molar-refractivity contribution is 0.261. The van der Waals surface area contributed by atoms with Crippen LogP contribution in [0.3, 0.4) is 0 Å². The molecule has 150 valence electrons. The van der Waals surface area contributed by atoms with E-state index in [2.05, 4.69) is 15.6 Å². The molecule has 4 rings (SSSR count). The van der Waals surface area contributed by atoms with Crippen LogP contribution in [0.2, 0.25) is 0 Å². The molecule has 0 atom stereocenters. The Labute approximate surface area is 173 Å². The third-order valence-corrected chi connectivity index (χ3v) is 4.40. The maximum atomic E-state index is 12.4. The normalized spacial score (nSPS) is 10.6. The summed E-state index contributed by atoms with van der Waals surface area (Å²) in [6.07, 6.45) is 1.75. The number of pyridine rings is 1. The summed E-state index contributed by atoms with van der Waals surface area (Å²) in [5, 5.41) is 5.54. The molecule has 2 aromatic carbocycles. The number of amides is 2. The van der Waals surface area contributed by atoms with Gasteiger partial charge in [0.15, 0.2) is 0 Å². The molecule has 0 unspecified atom stereocenters. The van der Waals surface area contributed by atoms with Crippen LogP contribution in [-0.2, 0) is 6.61 Å². The maximum absolute atomic E-state index is 12.4. The number of carbonyl (C=O) groups is 1. The van der Waals surface area contributed by atoms with E-state index in [1.807, 2.05) is 31.2 Å². The number of rotatable bonds is 5. The fourth-order valence-electron chi connectivity index (χ4n) is 2.99. The fraction of sp³-hybridized carbons (Fsp3) is 0.0870. The largest absolute Gasteiger partial charge is 0.485 e. The highest BCUT2D eigenvalue weighted by Crippen LogP contribution is 2.24. The molecule has 0 aliphatic heterocycles. The Morgan fingerprint density at radius 3 is 2.60 bits per heavy atom. The second-order valence-corrected chi connectivity index (χ2v) is 6.75. The minimum atomic E-state index is -0.380. The Balaban J connectivity index is 1.48. The minimum absolute atomic E-state index is 0.0958. The summed E-state index contributed by atoms with van der Waals surface area (Å²) < 4.78 is 7.35. The lowest BCUT2D eigenvalue weighted by Crippen LogP contribution is -2.20. The van der Waals surface area contributed by atoms with Gasteiger partial charge in [-0.2, -0.15) is 0 Å². The number of ether oxygens (including phenoxy) is 1. The number of hydrogen-bond acceptors (Lipinski definition) is 4. The van der Waals surface area contributed by atoms with Crippen LogP contribution >= 0.6 is 0 Å². The molecule has 2 N–H and O–H groups in total. The lowest BCUT2D eigenvalue weighted by Gasteiger charge is -2.13. The second kappa shape index (κ2) is 8.48. The maximum Gasteiger partial charge on any atom is 0.323 e. The van der Waals surface area contributed by atoms with Crippen molar-refractivity contribution in [3.8, 4) is 5.75 Å². The van der Waals surface area contributed by atoms with E-state index in [1.54, 1.807) is 48.7 Å². The summed E-state index contributed by atoms with van der Waals surface area (Å²) in [6, 6.07) is 21.0. The van der Waals surface area contributed by atoms with Crippen molar-refractivity contribution in [3.63, 3.8) is 0 Å². The van der Waals surface area contributed by atoms with Crippen LogP contribution in [0, 0.1) is 6.92 Å². The molecule has 0 saturated carbocycles. The molecule has 0 aliphatic rings. The molecule has 30 heavy (non-hydrogen) atoms. The van der Waals surface area contributed by atoms with E-state index in [9.17, 15) is 9.59 Å². The Bertz CT molecular complexity index is 1250. The fourth-order valence-corrected chi connectivity index (χ4v) is 2.99. The number of carbonyl (C=O) groups excluding carboxylic acids is 1. The van der Waals surface area contributed by atoms with Crippen LogP contribution < -0.4 is 20.9 Å². The number of urea groups is 1. The first-order valence-electron chi connectivity index (χ1n) is 9.42. The zero-order chi connectivity index (χ0) is 20.9. The van der Waals surface area contributed by atoms with E-state index in [4.69, 9.17) is 4.74 Å². The van der Waals surface area contributed by atoms with E-state index in [1.165, 1.54) is 10.5 Å². The number of aryl methyl sites for hydroxylation is 1. The second-order valence-electron chi connectivity index (χ2n) is 6.75. The van der Waals surface area contributed by atoms with Crippen LogP contribution in [0.4, 0.5) is 16.2 Å². The molecule has 0 bridgehead atoms. The van der Waals surface area contributed by atoms with Crippen molar-refractivity contribution in [1.29, 1.82) is 0 Å². The quantitative estimate of drug-likeness (QED) is 0.525. The van der Waals surface area contributed by atoms with Crippen molar-refractivity contribution in [2.75, 3.05) is 10.6 Å². The highest BCUT2D eigenvalue weighted by Gasteiger charge is 2.09. The average Bonchev–Trinajstić information content (AvgIpc) is 2.74. The van der Waals surface area contributed by atoms with Gasteiger partial charge in [0.25, 0.3) is 5.56 Å². The van der Waals surface area contributed by atoms with Crippen LogP contribution in [-0.4, -0.2) is 15.4 Å². The van der Waals surface area contributed by atoms with Crippen molar-refractivity contribution >= 4 is 23.1 Å². The van der Waals surface area contributed by atoms with Gasteiger partial charge in [-0.3, -0.25) is 9.20 Å². The predicted molar refractivity (Wildman–Crippen MR) is 116 cm³/mol. The van der Waals surface area contributed by atoms with Gasteiger partial charge >= 0.3 is 6.03 Å². The van der Waals surface area contributed by atoms with Gasteiger partial charge in [-0.05, 0) is 42.8 Å². The number of nitrogens with zero attached hydrogens (tertiary/aromatic N) is 2. The van der Waals surface area contributed by atoms with Crippen LogP contribution in [0.15, 0.2) is 83.8 Å². The molecule has 0 spiro atoms. The molecule has 0 fully saturated rings. The monoisotopic (exact) mass is 400 g/mol. The molecule has 2 amide bonds. The van der Waals surface area contributed by atoms with Gasteiger partial charge in [0.05, 0.1) is 11.4 Å². The molecule has 2 heterocycles. The Kier molecular flexibility index (Phi) is 5.43. The summed E-state index contributed by atoms with van der Waals surface area (Å²) in [5.74, 6) is 0.478. The van der Waals surface area contributed by atoms with Crippen molar-refractivity contribution in [3.05, 3.63) is 101 Å². The topological polar surface area (TPSA) is 84.7 Å². The number of benzene rings is 2. The summed E-state index contributed by atoms with van der Waals surface area (Å²) >= 11 is 0. The Morgan fingerprint density at radius 1 is 1.00 bits per heavy atom. The number of hydrogen-bond donors (Lipinski definition) is 2. The van der Waals surface area contributed by atoms with Crippen molar-refractivity contribution in [2.24, 2.45) is 0 Å². The van der Waals surface area contributed by atoms with E-state index in [-0.39, 0.29) is 18.2 Å². The number of anilines is 2. The molecule has 0 aliphatic carbocycles. The van der Waals surface area contributed by atoms with Gasteiger partial charge in [-0.15, -0.1) is 0 Å². The summed E-state index contributed by atoms with van der Waals surface area (Å²) in [7, 11) is 0. The van der Waals surface area contributed by atoms with Gasteiger partial charge in [0, 0.05) is 18.0 Å². The van der Waals surface area contributed by atoms with Crippen molar-refractivity contribution in [2.45, 2.75) is 13.5 Å². The van der Waals surface area contributed by atoms with E-state index < -0.39 is 0 Å². The summed E-state index contributed by atoms with van der Waals surface area (Å²) in [4.78, 5) is 29.1. The SMILES string of the molecule is Cc1ccc2nc(COc3ccccc3NC(=O)Nc3ccccc3)cc(=O)n2c1. The zero-order valence-corrected chi connectivity index (χ0v) is 16.3. The van der Waals surface area contributed by atoms with Crippen LogP contribution in [0.1, 0.15) is 11.3 Å². The molecule has 7 heteroatoms. The Hall–Kier alpha value is -4.13. The van der Waals surface area contributed by atoms with Crippen molar-refractivity contribution in [1.82, 2.24) is 9.38 Å². The molecule has 7 nitrogen and oxygen atoms in total. The number of nitrogens with one attached hydrogen (secondary N) is 2. The highest BCUT2D eigenvalue weighted by molar-refractivity contribution is 6.00. The number of aromatic nitrogens is 2.